The van der Waals surface area contributed by atoms with Gasteiger partial charge in [0, 0.05) is 23.7 Å². The van der Waals surface area contributed by atoms with E-state index < -0.39 is 11.6 Å². The fourth-order valence-electron chi connectivity index (χ4n) is 3.96. The molecule has 1 aromatic heterocycles. The summed E-state index contributed by atoms with van der Waals surface area (Å²) in [6, 6.07) is 13.3. The van der Waals surface area contributed by atoms with Crippen molar-refractivity contribution in [3.63, 3.8) is 0 Å². The maximum absolute atomic E-state index is 14.4. The fraction of sp³-hybridized carbons (Fsp3) is 0.238. The first kappa shape index (κ1) is 15.8. The molecule has 0 saturated heterocycles. The van der Waals surface area contributed by atoms with E-state index in [2.05, 4.69) is 5.92 Å². The van der Waals surface area contributed by atoms with Crippen molar-refractivity contribution in [1.29, 1.82) is 0 Å². The first-order valence-corrected chi connectivity index (χ1v) is 8.20. The third kappa shape index (κ3) is 2.12. The molecule has 2 heterocycles. The van der Waals surface area contributed by atoms with Gasteiger partial charge in [-0.25, -0.2) is 0 Å². The average molecular weight is 339 g/mol. The van der Waals surface area contributed by atoms with Crippen LogP contribution in [0.3, 0.4) is 0 Å². The van der Waals surface area contributed by atoms with Crippen LogP contribution in [0.5, 0.6) is 0 Å². The van der Waals surface area contributed by atoms with Gasteiger partial charge in [0.25, 0.3) is 0 Å². The van der Waals surface area contributed by atoms with E-state index in [0.29, 0.717) is 11.9 Å². The van der Waals surface area contributed by atoms with Crippen molar-refractivity contribution in [2.45, 2.75) is 31.0 Å². The zero-order valence-corrected chi connectivity index (χ0v) is 13.5. The normalized spacial score (nSPS) is 16.4. The highest BCUT2D eigenvalue weighted by Crippen LogP contribution is 2.49. The molecule has 0 N–H and O–H groups in total. The van der Waals surface area contributed by atoms with E-state index in [1.54, 1.807) is 30.5 Å². The second-order valence-electron chi connectivity index (χ2n) is 6.41. The predicted octanol–water partition coefficient (Wildman–Crippen LogP) is 5.07. The molecule has 126 valence electrons. The van der Waals surface area contributed by atoms with Crippen LogP contribution in [-0.2, 0) is 18.4 Å². The number of hydrogen-bond acceptors (Lipinski definition) is 0. The number of hydrogen-bond donors (Lipinski definition) is 0. The molecular weight excluding hydrogens is 323 g/mol. The molecule has 1 aliphatic heterocycles. The molecule has 1 aliphatic rings. The third-order valence-electron chi connectivity index (χ3n) is 5.08. The van der Waals surface area contributed by atoms with Crippen LogP contribution in [0.4, 0.5) is 13.2 Å². The molecule has 0 aliphatic carbocycles. The van der Waals surface area contributed by atoms with Crippen molar-refractivity contribution in [2.24, 2.45) is 0 Å². The lowest BCUT2D eigenvalue weighted by Gasteiger charge is -2.31. The summed E-state index contributed by atoms with van der Waals surface area (Å²) in [5.74, 6) is 2.12. The minimum atomic E-state index is -4.60. The van der Waals surface area contributed by atoms with Gasteiger partial charge in [0.1, 0.15) is 0 Å². The van der Waals surface area contributed by atoms with Crippen LogP contribution in [0.25, 0.3) is 10.9 Å². The Morgan fingerprint density at radius 3 is 2.44 bits per heavy atom. The van der Waals surface area contributed by atoms with Gasteiger partial charge in [0.2, 0.25) is 0 Å². The molecular formula is C21H16F3N. The topological polar surface area (TPSA) is 4.93 Å². The van der Waals surface area contributed by atoms with Crippen molar-refractivity contribution < 1.29 is 13.2 Å². The van der Waals surface area contributed by atoms with E-state index in [1.165, 1.54) is 12.1 Å². The second kappa shape index (κ2) is 5.42. The van der Waals surface area contributed by atoms with E-state index in [9.17, 15) is 13.2 Å². The van der Waals surface area contributed by atoms with E-state index >= 15 is 0 Å². The number of terminal acetylenes is 1. The Labute approximate surface area is 144 Å². The highest BCUT2D eigenvalue weighted by molar-refractivity contribution is 5.89. The van der Waals surface area contributed by atoms with Gasteiger partial charge < -0.3 is 4.57 Å². The molecule has 1 atom stereocenters. The number of nitrogens with zero attached hydrogens (tertiary/aromatic N) is 1. The molecule has 25 heavy (non-hydrogen) atoms. The first-order valence-electron chi connectivity index (χ1n) is 8.20. The zero-order chi connectivity index (χ0) is 17.7. The SMILES string of the molecule is C#C[C@@](c1ccccc1)(c1cn2c3c(cccc13)CCC2)C(F)(F)F. The molecule has 0 spiro atoms. The molecule has 0 fully saturated rings. The standard InChI is InChI=1S/C21H16F3N/c1-2-20(21(22,23)24,16-10-4-3-5-11-16)18-14-25-13-7-9-15-8-6-12-17(18)19(15)25/h1,3-6,8,10-12,14H,7,9,13H2/t20-/m1/s1. The molecule has 1 nitrogen and oxygen atoms in total. The number of benzene rings is 2. The van der Waals surface area contributed by atoms with Gasteiger partial charge in [-0.3, -0.25) is 0 Å². The molecule has 0 unspecified atom stereocenters. The number of aromatic nitrogens is 1. The van der Waals surface area contributed by atoms with Crippen molar-refractivity contribution >= 4 is 10.9 Å². The van der Waals surface area contributed by atoms with E-state index in [1.807, 2.05) is 16.7 Å². The predicted molar refractivity (Wildman–Crippen MR) is 92.4 cm³/mol. The Morgan fingerprint density at radius 1 is 1.00 bits per heavy atom. The number of aryl methyl sites for hydroxylation is 2. The lowest BCUT2D eigenvalue weighted by atomic mass is 9.74. The van der Waals surface area contributed by atoms with Crippen LogP contribution in [0.2, 0.25) is 0 Å². The van der Waals surface area contributed by atoms with Crippen LogP contribution < -0.4 is 0 Å². The van der Waals surface area contributed by atoms with Crippen molar-refractivity contribution in [2.75, 3.05) is 0 Å². The minimum Gasteiger partial charge on any atom is -0.347 e. The summed E-state index contributed by atoms with van der Waals surface area (Å²) < 4.78 is 45.0. The Balaban J connectivity index is 2.11. The van der Waals surface area contributed by atoms with Crippen LogP contribution in [0.1, 0.15) is 23.1 Å². The van der Waals surface area contributed by atoms with E-state index in [0.717, 1.165) is 23.9 Å². The van der Waals surface area contributed by atoms with Gasteiger partial charge in [0.05, 0.1) is 5.52 Å². The van der Waals surface area contributed by atoms with Gasteiger partial charge in [-0.15, -0.1) is 6.42 Å². The molecule has 4 heteroatoms. The second-order valence-corrected chi connectivity index (χ2v) is 6.41. The van der Waals surface area contributed by atoms with Crippen molar-refractivity contribution in [3.8, 4) is 12.3 Å². The highest BCUT2D eigenvalue weighted by Gasteiger charge is 2.57. The maximum atomic E-state index is 14.4. The maximum Gasteiger partial charge on any atom is 0.413 e. The number of halogens is 3. The largest absolute Gasteiger partial charge is 0.413 e. The van der Waals surface area contributed by atoms with E-state index in [4.69, 9.17) is 6.42 Å². The highest BCUT2D eigenvalue weighted by atomic mass is 19.4. The minimum absolute atomic E-state index is 0.0775. The molecule has 0 saturated carbocycles. The number of alkyl halides is 3. The van der Waals surface area contributed by atoms with Gasteiger partial charge in [-0.05, 0) is 24.0 Å². The summed E-state index contributed by atoms with van der Waals surface area (Å²) in [6.07, 6.45) is 4.37. The fourth-order valence-corrected chi connectivity index (χ4v) is 3.96. The number of para-hydroxylation sites is 1. The van der Waals surface area contributed by atoms with Crippen LogP contribution in [0, 0.1) is 12.3 Å². The Hall–Kier alpha value is -2.67. The summed E-state index contributed by atoms with van der Waals surface area (Å²) in [6.45, 7) is 0.709. The summed E-state index contributed by atoms with van der Waals surface area (Å²) in [7, 11) is 0. The van der Waals surface area contributed by atoms with Crippen LogP contribution >= 0.6 is 0 Å². The Morgan fingerprint density at radius 2 is 1.76 bits per heavy atom. The summed E-state index contributed by atoms with van der Waals surface area (Å²) in [5, 5.41) is 0.594. The van der Waals surface area contributed by atoms with Crippen molar-refractivity contribution in [1.82, 2.24) is 4.57 Å². The summed E-state index contributed by atoms with van der Waals surface area (Å²) in [5.41, 5.74) is -0.276. The molecule has 0 bridgehead atoms. The van der Waals surface area contributed by atoms with Crippen molar-refractivity contribution in [3.05, 3.63) is 71.4 Å². The summed E-state index contributed by atoms with van der Waals surface area (Å²) in [4.78, 5) is 0. The van der Waals surface area contributed by atoms with Gasteiger partial charge in [0.15, 0.2) is 5.41 Å². The Kier molecular flexibility index (Phi) is 3.43. The molecule has 2 aromatic carbocycles. The third-order valence-corrected chi connectivity index (χ3v) is 5.08. The van der Waals surface area contributed by atoms with Gasteiger partial charge >= 0.3 is 6.18 Å². The first-order chi connectivity index (χ1) is 12.0. The number of rotatable bonds is 2. The molecule has 0 amide bonds. The molecule has 3 aromatic rings. The van der Waals surface area contributed by atoms with E-state index in [-0.39, 0.29) is 11.1 Å². The van der Waals surface area contributed by atoms with Gasteiger partial charge in [-0.2, -0.15) is 13.2 Å². The average Bonchev–Trinajstić information content (AvgIpc) is 2.97. The monoisotopic (exact) mass is 339 g/mol. The Bertz CT molecular complexity index is 976. The smallest absolute Gasteiger partial charge is 0.347 e. The van der Waals surface area contributed by atoms with Crippen LogP contribution in [-0.4, -0.2) is 10.7 Å². The quantitative estimate of drug-likeness (QED) is 0.575. The molecule has 0 radical (unpaired) electrons. The lowest BCUT2D eigenvalue weighted by Crippen LogP contribution is -2.42. The molecule has 4 rings (SSSR count). The van der Waals surface area contributed by atoms with Crippen LogP contribution in [0.15, 0.2) is 54.7 Å². The van der Waals surface area contributed by atoms with Gasteiger partial charge in [-0.1, -0.05) is 54.5 Å². The zero-order valence-electron chi connectivity index (χ0n) is 13.5. The lowest BCUT2D eigenvalue weighted by molar-refractivity contribution is -0.161. The summed E-state index contributed by atoms with van der Waals surface area (Å²) >= 11 is 0.